The third-order valence-electron chi connectivity index (χ3n) is 8.33. The molecule has 4 rings (SSSR count). The molecule has 3 heterocycles. The zero-order valence-electron chi connectivity index (χ0n) is 28.4. The van der Waals surface area contributed by atoms with E-state index in [1.807, 2.05) is 13.8 Å². The number of fused-ring (bicyclic) bond motifs is 1. The normalized spacial score (nSPS) is 21.0. The number of aromatic nitrogens is 3. The largest absolute Gasteiger partial charge is 0.490 e. The average Bonchev–Trinajstić information content (AvgIpc) is 3.63. The van der Waals surface area contributed by atoms with Crippen molar-refractivity contribution in [2.24, 2.45) is 13.0 Å². The summed E-state index contributed by atoms with van der Waals surface area (Å²) in [4.78, 5) is 19.7. The fourth-order valence-corrected chi connectivity index (χ4v) is 8.03. The number of benzene rings is 1. The lowest BCUT2D eigenvalue weighted by Gasteiger charge is -2.35. The van der Waals surface area contributed by atoms with Crippen LogP contribution < -0.4 is 9.46 Å². The molecule has 2 N–H and O–H groups in total. The van der Waals surface area contributed by atoms with Crippen molar-refractivity contribution in [3.8, 4) is 5.75 Å². The molecule has 1 amide bonds. The molecule has 0 fully saturated rings. The summed E-state index contributed by atoms with van der Waals surface area (Å²) in [5.41, 5.74) is 0.481. The zero-order chi connectivity index (χ0) is 35.4. The Kier molecular flexibility index (Phi) is 11.9. The fraction of sp³-hybridized carbons (Fsp3) is 0.581. The van der Waals surface area contributed by atoms with Gasteiger partial charge in [-0.15, -0.1) is 0 Å². The van der Waals surface area contributed by atoms with Crippen molar-refractivity contribution >= 4 is 31.6 Å². The van der Waals surface area contributed by atoms with Crippen molar-refractivity contribution in [3.63, 3.8) is 0 Å². The Balaban J connectivity index is 1.68. The average molecular weight is 711 g/mol. The maximum absolute atomic E-state index is 14.3. The number of nitrogens with one attached hydrogen (secondary N) is 1. The summed E-state index contributed by atoms with van der Waals surface area (Å²) >= 11 is 0. The number of amides is 1. The number of nitrogens with zero attached hydrogens (tertiary/aromatic N) is 5. The van der Waals surface area contributed by atoms with Gasteiger partial charge in [0.05, 0.1) is 36.7 Å². The summed E-state index contributed by atoms with van der Waals surface area (Å²) < 4.78 is 76.0. The van der Waals surface area contributed by atoms with Crippen LogP contribution in [0.5, 0.6) is 5.75 Å². The number of sulfonamides is 2. The van der Waals surface area contributed by atoms with Crippen molar-refractivity contribution in [1.29, 1.82) is 0 Å². The maximum atomic E-state index is 14.3. The number of aliphatic hydroxyl groups is 1. The number of likely N-dealkylation sites (N-methyl/N-ethyl adjacent to an activating group) is 1. The zero-order valence-corrected chi connectivity index (χ0v) is 30.0. The lowest BCUT2D eigenvalue weighted by Crippen LogP contribution is -2.48. The molecule has 4 atom stereocenters. The molecule has 0 saturated heterocycles. The summed E-state index contributed by atoms with van der Waals surface area (Å²) in [6.45, 7) is 8.61. The van der Waals surface area contributed by atoms with Gasteiger partial charge in [0.1, 0.15) is 16.3 Å². The summed E-state index contributed by atoms with van der Waals surface area (Å²) in [5, 5.41) is 13.8. The minimum absolute atomic E-state index is 0.00400. The molecule has 0 bridgehead atoms. The summed E-state index contributed by atoms with van der Waals surface area (Å²) in [6.07, 6.45) is 3.89. The van der Waals surface area contributed by atoms with E-state index in [-0.39, 0.29) is 64.2 Å². The molecule has 0 radical (unpaired) electrons. The van der Waals surface area contributed by atoms with Gasteiger partial charge in [0.25, 0.3) is 15.9 Å². The topological polar surface area (TPSA) is 186 Å². The Morgan fingerprint density at radius 3 is 2.52 bits per heavy atom. The molecule has 1 aliphatic rings. The number of hydrogen-bond donors (Lipinski definition) is 2. The first-order valence-corrected chi connectivity index (χ1v) is 18.7. The van der Waals surface area contributed by atoms with E-state index in [4.69, 9.17) is 14.0 Å². The van der Waals surface area contributed by atoms with Gasteiger partial charge in [-0.05, 0) is 65.2 Å². The molecule has 266 valence electrons. The molecule has 0 spiro atoms. The molecule has 15 nitrogen and oxygen atoms in total. The number of aliphatic hydroxyl groups excluding tert-OH is 1. The Hall–Kier alpha value is -3.51. The quantitative estimate of drug-likeness (QED) is 0.333. The van der Waals surface area contributed by atoms with Crippen LogP contribution in [-0.2, 0) is 31.8 Å². The van der Waals surface area contributed by atoms with Crippen LogP contribution in [0, 0.1) is 19.8 Å². The van der Waals surface area contributed by atoms with Crippen molar-refractivity contribution in [3.05, 3.63) is 47.7 Å². The number of carbonyl (C=O) groups excluding carboxylic acids is 1. The van der Waals surface area contributed by atoms with Gasteiger partial charge in [-0.1, -0.05) is 12.1 Å². The van der Waals surface area contributed by atoms with Crippen molar-refractivity contribution < 1.29 is 40.7 Å². The Morgan fingerprint density at radius 1 is 1.17 bits per heavy atom. The van der Waals surface area contributed by atoms with E-state index < -0.39 is 44.0 Å². The van der Waals surface area contributed by atoms with Gasteiger partial charge in [0.15, 0.2) is 10.8 Å². The third kappa shape index (κ3) is 8.55. The SMILES string of the molecule is Cc1noc(C)c1S(=O)(=O)N(C)C[C@H]1OCCCC[C@H](C)Oc2ccc(NS(=O)(=O)c3cn(C)cn3)cc2C(=O)N([C@@H](C)CO)C[C@@H]1C. The fourth-order valence-electron chi connectivity index (χ4n) is 5.53. The van der Waals surface area contributed by atoms with Crippen LogP contribution in [0.4, 0.5) is 5.69 Å². The number of carbonyl (C=O) groups is 1. The molecular formula is C31H46N6O9S2. The van der Waals surface area contributed by atoms with E-state index in [1.54, 1.807) is 33.9 Å². The molecule has 1 aromatic carbocycles. The molecule has 17 heteroatoms. The van der Waals surface area contributed by atoms with Crippen LogP contribution in [0.15, 0.2) is 45.2 Å². The van der Waals surface area contributed by atoms with E-state index in [0.717, 1.165) is 6.42 Å². The predicted octanol–water partition coefficient (Wildman–Crippen LogP) is 2.94. The second-order valence-corrected chi connectivity index (χ2v) is 16.0. The van der Waals surface area contributed by atoms with Crippen LogP contribution in [0.25, 0.3) is 0 Å². The predicted molar refractivity (Wildman–Crippen MR) is 177 cm³/mol. The Bertz CT molecular complexity index is 1770. The van der Waals surface area contributed by atoms with Crippen molar-refractivity contribution in [1.82, 2.24) is 23.9 Å². The van der Waals surface area contributed by atoms with Crippen LogP contribution >= 0.6 is 0 Å². The highest BCUT2D eigenvalue weighted by Crippen LogP contribution is 2.30. The molecule has 2 aromatic heterocycles. The highest BCUT2D eigenvalue weighted by molar-refractivity contribution is 7.92. The number of ether oxygens (including phenoxy) is 2. The van der Waals surface area contributed by atoms with Gasteiger partial charge >= 0.3 is 0 Å². The van der Waals surface area contributed by atoms with Gasteiger partial charge < -0.3 is 28.6 Å². The number of rotatable bonds is 9. The Morgan fingerprint density at radius 2 is 1.90 bits per heavy atom. The molecule has 3 aromatic rings. The van der Waals surface area contributed by atoms with Crippen LogP contribution in [0.2, 0.25) is 0 Å². The first-order chi connectivity index (χ1) is 22.5. The van der Waals surface area contributed by atoms with Crippen LogP contribution in [0.1, 0.15) is 61.8 Å². The summed E-state index contributed by atoms with van der Waals surface area (Å²) in [7, 11) is -4.92. The molecule has 1 aliphatic heterocycles. The number of anilines is 1. The molecule has 48 heavy (non-hydrogen) atoms. The molecule has 0 saturated carbocycles. The van der Waals surface area contributed by atoms with E-state index in [9.17, 15) is 26.7 Å². The minimum atomic E-state index is -4.06. The monoisotopic (exact) mass is 710 g/mol. The highest BCUT2D eigenvalue weighted by atomic mass is 32.2. The van der Waals surface area contributed by atoms with Gasteiger partial charge in [-0.2, -0.15) is 12.7 Å². The molecule has 0 unspecified atom stereocenters. The molecular weight excluding hydrogens is 665 g/mol. The minimum Gasteiger partial charge on any atom is -0.490 e. The van der Waals surface area contributed by atoms with Crippen LogP contribution in [0.3, 0.4) is 0 Å². The number of aryl methyl sites for hydroxylation is 3. The standard InChI is InChI=1S/C31H46N6O9S2/c1-20-15-37(21(2)18-38)31(39)26-14-25(34-47(40,41)29-17-35(6)19-32-29)11-12-27(26)45-22(3)10-8-9-13-44-28(20)16-36(7)48(42,43)30-23(4)33-46-24(30)5/h11-12,14,17,19-22,28,34,38H,8-10,13,15-16,18H2,1-7H3/t20-,21-,22-,28+/m0/s1. The van der Waals surface area contributed by atoms with E-state index in [1.165, 1.54) is 45.5 Å². The van der Waals surface area contributed by atoms with E-state index in [0.29, 0.717) is 19.4 Å². The maximum Gasteiger partial charge on any atom is 0.280 e. The van der Waals surface area contributed by atoms with E-state index >= 15 is 0 Å². The second-order valence-electron chi connectivity index (χ2n) is 12.4. The van der Waals surface area contributed by atoms with Gasteiger partial charge in [0, 0.05) is 51.6 Å². The second kappa shape index (κ2) is 15.4. The number of hydrogen-bond acceptors (Lipinski definition) is 11. The molecule has 0 aliphatic carbocycles. The van der Waals surface area contributed by atoms with Crippen LogP contribution in [-0.4, -0.2) is 103 Å². The van der Waals surface area contributed by atoms with Crippen molar-refractivity contribution in [2.45, 2.75) is 82.1 Å². The Labute approximate surface area is 282 Å². The van der Waals surface area contributed by atoms with Gasteiger partial charge in [-0.25, -0.2) is 13.4 Å². The highest BCUT2D eigenvalue weighted by Gasteiger charge is 2.34. The lowest BCUT2D eigenvalue weighted by atomic mass is 10.0. The summed E-state index contributed by atoms with van der Waals surface area (Å²) in [5.74, 6) is -0.449. The first-order valence-electron chi connectivity index (χ1n) is 15.8. The third-order valence-corrected chi connectivity index (χ3v) is 11.7. The van der Waals surface area contributed by atoms with Gasteiger partial charge in [-0.3, -0.25) is 9.52 Å². The van der Waals surface area contributed by atoms with Gasteiger partial charge in [0.2, 0.25) is 10.0 Å². The summed E-state index contributed by atoms with van der Waals surface area (Å²) in [6, 6.07) is 3.83. The smallest absolute Gasteiger partial charge is 0.280 e. The van der Waals surface area contributed by atoms with Crippen molar-refractivity contribution in [2.75, 3.05) is 38.1 Å². The first kappa shape index (κ1) is 37.3. The van der Waals surface area contributed by atoms with E-state index in [2.05, 4.69) is 14.9 Å². The number of imidazole rings is 1. The lowest BCUT2D eigenvalue weighted by molar-refractivity contribution is -0.00835.